The van der Waals surface area contributed by atoms with E-state index >= 15 is 0 Å². The smallest absolute Gasteiger partial charge is 0.0536 e. The molecule has 1 saturated heterocycles. The third-order valence-corrected chi connectivity index (χ3v) is 3.61. The van der Waals surface area contributed by atoms with E-state index < -0.39 is 0 Å². The number of nitrogens with zero attached hydrogens (tertiary/aromatic N) is 1. The van der Waals surface area contributed by atoms with Crippen LogP contribution in [-0.2, 0) is 0 Å². The number of rotatable bonds is 1. The number of hydrogen-bond donors (Lipinski definition) is 0. The Kier molecular flexibility index (Phi) is 3.56. The van der Waals surface area contributed by atoms with Gasteiger partial charge in [-0.15, -0.1) is 6.42 Å². The van der Waals surface area contributed by atoms with E-state index in [0.717, 1.165) is 29.0 Å². The van der Waals surface area contributed by atoms with E-state index in [-0.39, 0.29) is 0 Å². The first-order chi connectivity index (χ1) is 7.70. The first kappa shape index (κ1) is 11.5. The Hall–Kier alpha value is -0.940. The molecule has 0 aromatic heterocycles. The van der Waals surface area contributed by atoms with Gasteiger partial charge in [0, 0.05) is 23.1 Å². The number of piperidine rings is 1. The van der Waals surface area contributed by atoms with Crippen molar-refractivity contribution in [2.75, 3.05) is 18.0 Å². The Balaban J connectivity index is 2.31. The summed E-state index contributed by atoms with van der Waals surface area (Å²) in [6.07, 6.45) is 8.14. The molecule has 0 radical (unpaired) electrons. The maximum absolute atomic E-state index is 5.55. The van der Waals surface area contributed by atoms with Gasteiger partial charge in [-0.3, -0.25) is 0 Å². The van der Waals surface area contributed by atoms with Crippen LogP contribution in [0, 0.1) is 18.3 Å². The van der Waals surface area contributed by atoms with Crippen LogP contribution >= 0.6 is 15.9 Å². The van der Waals surface area contributed by atoms with E-state index in [1.54, 1.807) is 0 Å². The lowest BCUT2D eigenvalue weighted by Crippen LogP contribution is -2.34. The first-order valence-corrected chi connectivity index (χ1v) is 6.51. The molecular weight excluding hydrogens is 262 g/mol. The maximum atomic E-state index is 5.55. The predicted molar refractivity (Wildman–Crippen MR) is 72.7 cm³/mol. The molecule has 1 aromatic rings. The van der Waals surface area contributed by atoms with Gasteiger partial charge in [0.1, 0.15) is 0 Å². The second-order valence-corrected chi connectivity index (χ2v) is 5.41. The number of hydrogen-bond acceptors (Lipinski definition) is 1. The van der Waals surface area contributed by atoms with Crippen molar-refractivity contribution < 1.29 is 0 Å². The number of terminal acetylenes is 1. The lowest BCUT2D eigenvalue weighted by Gasteiger charge is -2.33. The van der Waals surface area contributed by atoms with Gasteiger partial charge in [-0.1, -0.05) is 28.8 Å². The van der Waals surface area contributed by atoms with Gasteiger partial charge in [-0.2, -0.15) is 0 Å². The molecule has 0 N–H and O–H groups in total. The zero-order valence-corrected chi connectivity index (χ0v) is 11.1. The fourth-order valence-corrected chi connectivity index (χ4v) is 2.65. The van der Waals surface area contributed by atoms with Crippen molar-refractivity contribution in [2.45, 2.75) is 19.8 Å². The topological polar surface area (TPSA) is 3.24 Å². The van der Waals surface area contributed by atoms with Crippen molar-refractivity contribution >= 4 is 21.6 Å². The highest BCUT2D eigenvalue weighted by atomic mass is 79.9. The molecule has 1 nitrogen and oxygen atoms in total. The highest BCUT2D eigenvalue weighted by Gasteiger charge is 2.18. The van der Waals surface area contributed by atoms with Crippen molar-refractivity contribution in [3.8, 4) is 12.3 Å². The zero-order valence-electron chi connectivity index (χ0n) is 9.54. The Morgan fingerprint density at radius 2 is 2.31 bits per heavy atom. The fraction of sp³-hybridized carbons (Fsp3) is 0.429. The van der Waals surface area contributed by atoms with Crippen LogP contribution in [0.1, 0.15) is 25.3 Å². The minimum absolute atomic E-state index is 0.762. The van der Waals surface area contributed by atoms with Crippen molar-refractivity contribution in [1.82, 2.24) is 0 Å². The van der Waals surface area contributed by atoms with E-state index in [1.165, 1.54) is 18.5 Å². The molecular formula is C14H16BrN. The molecule has 2 heteroatoms. The SMILES string of the molecule is C#Cc1ccc(Br)cc1N1CCCC(C)C1. The van der Waals surface area contributed by atoms with Gasteiger partial charge >= 0.3 is 0 Å². The van der Waals surface area contributed by atoms with Crippen molar-refractivity contribution in [3.05, 3.63) is 28.2 Å². The quantitative estimate of drug-likeness (QED) is 0.708. The molecule has 0 amide bonds. The second-order valence-electron chi connectivity index (χ2n) is 4.50. The molecule has 1 fully saturated rings. The lowest BCUT2D eigenvalue weighted by molar-refractivity contribution is 0.446. The van der Waals surface area contributed by atoms with E-state index in [2.05, 4.69) is 39.7 Å². The molecule has 0 saturated carbocycles. The molecule has 2 rings (SSSR count). The first-order valence-electron chi connectivity index (χ1n) is 5.72. The largest absolute Gasteiger partial charge is 0.370 e. The molecule has 1 unspecified atom stereocenters. The zero-order chi connectivity index (χ0) is 11.5. The highest BCUT2D eigenvalue weighted by Crippen LogP contribution is 2.28. The molecule has 0 bridgehead atoms. The summed E-state index contributed by atoms with van der Waals surface area (Å²) in [6.45, 7) is 4.54. The Morgan fingerprint density at radius 1 is 1.50 bits per heavy atom. The third kappa shape index (κ3) is 2.41. The number of halogens is 1. The van der Waals surface area contributed by atoms with E-state index in [1.807, 2.05) is 12.1 Å². The van der Waals surface area contributed by atoms with Gasteiger partial charge in [0.25, 0.3) is 0 Å². The van der Waals surface area contributed by atoms with Gasteiger partial charge in [0.15, 0.2) is 0 Å². The summed E-state index contributed by atoms with van der Waals surface area (Å²) >= 11 is 3.51. The molecule has 0 aliphatic carbocycles. The molecule has 1 aromatic carbocycles. The Bertz CT molecular complexity index is 419. The Morgan fingerprint density at radius 3 is 3.00 bits per heavy atom. The highest BCUT2D eigenvalue weighted by molar-refractivity contribution is 9.10. The summed E-state index contributed by atoms with van der Waals surface area (Å²) in [5.74, 6) is 3.53. The van der Waals surface area contributed by atoms with Crippen LogP contribution in [0.15, 0.2) is 22.7 Å². The van der Waals surface area contributed by atoms with Crippen molar-refractivity contribution in [1.29, 1.82) is 0 Å². The lowest BCUT2D eigenvalue weighted by atomic mass is 9.99. The minimum Gasteiger partial charge on any atom is -0.370 e. The Labute approximate surface area is 106 Å². The van der Waals surface area contributed by atoms with Crippen LogP contribution in [-0.4, -0.2) is 13.1 Å². The number of anilines is 1. The average Bonchev–Trinajstić information content (AvgIpc) is 2.29. The van der Waals surface area contributed by atoms with Crippen LogP contribution in [0.4, 0.5) is 5.69 Å². The van der Waals surface area contributed by atoms with Gasteiger partial charge in [-0.05, 0) is 37.0 Å². The summed E-state index contributed by atoms with van der Waals surface area (Å²) < 4.78 is 1.10. The molecule has 1 aliphatic rings. The monoisotopic (exact) mass is 277 g/mol. The summed E-state index contributed by atoms with van der Waals surface area (Å²) in [5, 5.41) is 0. The number of benzene rings is 1. The molecule has 0 spiro atoms. The van der Waals surface area contributed by atoms with Crippen LogP contribution in [0.3, 0.4) is 0 Å². The van der Waals surface area contributed by atoms with Crippen molar-refractivity contribution in [3.63, 3.8) is 0 Å². The summed E-state index contributed by atoms with van der Waals surface area (Å²) in [4.78, 5) is 2.41. The molecule has 1 aliphatic heterocycles. The maximum Gasteiger partial charge on any atom is 0.0536 e. The summed E-state index contributed by atoms with van der Waals surface area (Å²) in [6, 6.07) is 6.15. The van der Waals surface area contributed by atoms with Gasteiger partial charge in [-0.25, -0.2) is 0 Å². The van der Waals surface area contributed by atoms with Gasteiger partial charge < -0.3 is 4.90 Å². The molecule has 1 heterocycles. The molecule has 16 heavy (non-hydrogen) atoms. The van der Waals surface area contributed by atoms with E-state index in [9.17, 15) is 0 Å². The van der Waals surface area contributed by atoms with Crippen molar-refractivity contribution in [2.24, 2.45) is 5.92 Å². The molecule has 1 atom stereocenters. The fourth-order valence-electron chi connectivity index (χ4n) is 2.30. The normalized spacial score (nSPS) is 20.6. The van der Waals surface area contributed by atoms with Crippen LogP contribution in [0.25, 0.3) is 0 Å². The van der Waals surface area contributed by atoms with Crippen LogP contribution < -0.4 is 4.90 Å². The third-order valence-electron chi connectivity index (χ3n) is 3.11. The summed E-state index contributed by atoms with van der Waals surface area (Å²) in [5.41, 5.74) is 2.20. The van der Waals surface area contributed by atoms with E-state index in [4.69, 9.17) is 6.42 Å². The average molecular weight is 278 g/mol. The summed E-state index contributed by atoms with van der Waals surface area (Å²) in [7, 11) is 0. The minimum atomic E-state index is 0.762. The molecule has 84 valence electrons. The van der Waals surface area contributed by atoms with Crippen LogP contribution in [0.2, 0.25) is 0 Å². The van der Waals surface area contributed by atoms with E-state index in [0.29, 0.717) is 0 Å². The second kappa shape index (κ2) is 4.93. The van der Waals surface area contributed by atoms with Gasteiger partial charge in [0.2, 0.25) is 0 Å². The standard InChI is InChI=1S/C14H16BrN/c1-3-12-6-7-13(15)9-14(12)16-8-4-5-11(2)10-16/h1,6-7,9,11H,4-5,8,10H2,2H3. The van der Waals surface area contributed by atoms with Crippen LogP contribution in [0.5, 0.6) is 0 Å². The predicted octanol–water partition coefficient (Wildman–Crippen LogP) is 3.67. The van der Waals surface area contributed by atoms with Gasteiger partial charge in [0.05, 0.1) is 5.69 Å².